The van der Waals surface area contributed by atoms with E-state index >= 15 is 0 Å². The van der Waals surface area contributed by atoms with Gasteiger partial charge in [-0.2, -0.15) is 0 Å². The molecule has 0 aliphatic heterocycles. The maximum atomic E-state index is 2.53. The molecule has 0 aromatic rings. The van der Waals surface area contributed by atoms with Gasteiger partial charge in [-0.15, -0.1) is 0 Å². The molecule has 1 heteroatoms. The van der Waals surface area contributed by atoms with Crippen molar-refractivity contribution in [1.29, 1.82) is 0 Å². The first kappa shape index (κ1) is 8.21. The van der Waals surface area contributed by atoms with Gasteiger partial charge in [-0.25, -0.2) is 0 Å². The fourth-order valence-electron chi connectivity index (χ4n) is 4.22. The Labute approximate surface area is 90.3 Å². The van der Waals surface area contributed by atoms with E-state index in [0.29, 0.717) is 0 Å². The molecule has 6 atom stereocenters. The zero-order chi connectivity index (χ0) is 8.29. The summed E-state index contributed by atoms with van der Waals surface area (Å²) in [6, 6.07) is 0. The molecule has 65 valence electrons. The molecule has 0 nitrogen and oxygen atoms in total. The van der Waals surface area contributed by atoms with Crippen molar-refractivity contribution >= 4 is 0 Å². The van der Waals surface area contributed by atoms with Gasteiger partial charge in [0.15, 0.2) is 0 Å². The van der Waals surface area contributed by atoms with Crippen LogP contribution in [0, 0.1) is 29.6 Å². The van der Waals surface area contributed by atoms with Crippen molar-refractivity contribution in [2.75, 3.05) is 0 Å². The normalized spacial score (nSPS) is 62.3. The van der Waals surface area contributed by atoms with E-state index in [-0.39, 0.29) is 0 Å². The quantitative estimate of drug-likeness (QED) is 0.610. The van der Waals surface area contributed by atoms with Crippen molar-refractivity contribution in [3.63, 3.8) is 0 Å². The first-order valence-electron chi connectivity index (χ1n) is 5.47. The molecular formula is C11H17Zr. The van der Waals surface area contributed by atoms with Crippen LogP contribution in [-0.4, -0.2) is 0 Å². The third-order valence-corrected chi connectivity index (χ3v) is 7.08. The molecule has 0 spiro atoms. The minimum absolute atomic E-state index is 1.09. The van der Waals surface area contributed by atoms with Crippen LogP contribution in [0.5, 0.6) is 0 Å². The molecule has 6 unspecified atom stereocenters. The molecule has 0 heterocycles. The SMILES string of the molecule is CC1C2CC3CC(C2)[CH]([Zr])C1C3. The molecule has 0 amide bonds. The van der Waals surface area contributed by atoms with Gasteiger partial charge >= 0.3 is 90.5 Å². The Morgan fingerprint density at radius 1 is 1.00 bits per heavy atom. The van der Waals surface area contributed by atoms with E-state index in [1.54, 1.807) is 25.7 Å². The maximum absolute atomic E-state index is 2.53. The van der Waals surface area contributed by atoms with Crippen LogP contribution in [0.15, 0.2) is 0 Å². The molecule has 4 fully saturated rings. The average Bonchev–Trinajstić information content (AvgIpc) is 2.07. The molecule has 0 N–H and O–H groups in total. The second-order valence-electron chi connectivity index (χ2n) is 5.38. The Kier molecular flexibility index (Phi) is 1.84. The summed E-state index contributed by atoms with van der Waals surface area (Å²) >= 11 is 1.84. The van der Waals surface area contributed by atoms with Crippen molar-refractivity contribution in [3.8, 4) is 0 Å². The molecule has 0 aromatic carbocycles. The predicted molar refractivity (Wildman–Crippen MR) is 45.3 cm³/mol. The Balaban J connectivity index is 1.93. The second-order valence-corrected chi connectivity index (χ2v) is 7.02. The monoisotopic (exact) mass is 239 g/mol. The Hall–Kier alpha value is 0.883. The summed E-state index contributed by atoms with van der Waals surface area (Å²) in [5, 5.41) is 0. The van der Waals surface area contributed by atoms with Crippen molar-refractivity contribution in [2.24, 2.45) is 29.6 Å². The molecule has 4 aliphatic carbocycles. The number of rotatable bonds is 0. The summed E-state index contributed by atoms with van der Waals surface area (Å²) in [7, 11) is 0. The van der Waals surface area contributed by atoms with E-state index in [2.05, 4.69) is 6.92 Å². The van der Waals surface area contributed by atoms with E-state index in [0.717, 1.165) is 27.3 Å². The van der Waals surface area contributed by atoms with Gasteiger partial charge in [-0.3, -0.25) is 0 Å². The first-order chi connectivity index (χ1) is 5.75. The summed E-state index contributed by atoms with van der Waals surface area (Å²) in [6.45, 7) is 2.53. The summed E-state index contributed by atoms with van der Waals surface area (Å²) in [5.41, 5.74) is 0. The molecule has 0 radical (unpaired) electrons. The third-order valence-electron chi connectivity index (χ3n) is 4.87. The third kappa shape index (κ3) is 0.983. The molecule has 4 rings (SSSR count). The average molecular weight is 240 g/mol. The van der Waals surface area contributed by atoms with Gasteiger partial charge in [0.25, 0.3) is 0 Å². The summed E-state index contributed by atoms with van der Waals surface area (Å²) in [5.74, 6) is 5.71. The van der Waals surface area contributed by atoms with Gasteiger partial charge in [0.2, 0.25) is 0 Å². The van der Waals surface area contributed by atoms with Crippen molar-refractivity contribution in [3.05, 3.63) is 0 Å². The van der Waals surface area contributed by atoms with Gasteiger partial charge in [0.05, 0.1) is 0 Å². The Bertz CT molecular complexity index is 183. The topological polar surface area (TPSA) is 0 Å². The predicted octanol–water partition coefficient (Wildman–Crippen LogP) is 3.02. The van der Waals surface area contributed by atoms with Crippen LogP contribution >= 0.6 is 0 Å². The fourth-order valence-corrected chi connectivity index (χ4v) is 5.97. The van der Waals surface area contributed by atoms with Crippen LogP contribution in [0.2, 0.25) is 3.63 Å². The summed E-state index contributed by atoms with van der Waals surface area (Å²) in [6.07, 6.45) is 6.40. The van der Waals surface area contributed by atoms with E-state index in [4.69, 9.17) is 0 Å². The van der Waals surface area contributed by atoms with Gasteiger partial charge in [-0.1, -0.05) is 0 Å². The molecule has 4 saturated carbocycles. The molecule has 0 aromatic heterocycles. The van der Waals surface area contributed by atoms with Gasteiger partial charge < -0.3 is 0 Å². The van der Waals surface area contributed by atoms with Crippen molar-refractivity contribution < 1.29 is 24.7 Å². The van der Waals surface area contributed by atoms with E-state index < -0.39 is 0 Å². The molecule has 4 aliphatic rings. The molecule has 12 heavy (non-hydrogen) atoms. The van der Waals surface area contributed by atoms with Gasteiger partial charge in [0, 0.05) is 0 Å². The second kappa shape index (κ2) is 2.69. The van der Waals surface area contributed by atoms with E-state index in [9.17, 15) is 0 Å². The van der Waals surface area contributed by atoms with E-state index in [1.165, 1.54) is 5.92 Å². The van der Waals surface area contributed by atoms with Crippen molar-refractivity contribution in [2.45, 2.75) is 36.2 Å². The Morgan fingerprint density at radius 3 is 2.58 bits per heavy atom. The first-order valence-corrected chi connectivity index (χ1v) is 6.88. The summed E-state index contributed by atoms with van der Waals surface area (Å²) < 4.78 is 1.15. The number of hydrogen-bond acceptors (Lipinski definition) is 0. The van der Waals surface area contributed by atoms with Crippen LogP contribution in [-0.2, 0) is 24.7 Å². The van der Waals surface area contributed by atoms with Gasteiger partial charge in [0.1, 0.15) is 0 Å². The Morgan fingerprint density at radius 2 is 1.75 bits per heavy atom. The van der Waals surface area contributed by atoms with Crippen LogP contribution in [0.1, 0.15) is 32.6 Å². The molecular weight excluding hydrogens is 223 g/mol. The zero-order valence-electron chi connectivity index (χ0n) is 7.79. The summed E-state index contributed by atoms with van der Waals surface area (Å²) in [4.78, 5) is 0. The van der Waals surface area contributed by atoms with Crippen LogP contribution in [0.4, 0.5) is 0 Å². The van der Waals surface area contributed by atoms with Crippen LogP contribution in [0.3, 0.4) is 0 Å². The fraction of sp³-hybridized carbons (Fsp3) is 1.00. The molecule has 0 saturated heterocycles. The standard InChI is InChI=1S/C11H17.Zr/c1-7-10-3-8-2-9(5-10)6-11(7)4-8;/h3,7-11H,2,4-6H2,1H3;. The molecule has 4 bridgehead atoms. The van der Waals surface area contributed by atoms with Gasteiger partial charge in [-0.05, 0) is 0 Å². The van der Waals surface area contributed by atoms with Crippen LogP contribution < -0.4 is 0 Å². The minimum atomic E-state index is 1.09. The number of hydrogen-bond donors (Lipinski definition) is 0. The van der Waals surface area contributed by atoms with E-state index in [1.807, 2.05) is 24.7 Å². The van der Waals surface area contributed by atoms with Crippen LogP contribution in [0.25, 0.3) is 0 Å². The van der Waals surface area contributed by atoms with Crippen molar-refractivity contribution in [1.82, 2.24) is 0 Å². The zero-order valence-corrected chi connectivity index (χ0v) is 10.3.